The Morgan fingerprint density at radius 2 is 2.12 bits per heavy atom. The Balaban J connectivity index is 2.44. The first kappa shape index (κ1) is 14.1. The number of hydrogen-bond donors (Lipinski definition) is 2. The number of benzene rings is 1. The van der Waals surface area contributed by atoms with Crippen LogP contribution in [-0.4, -0.2) is 38.0 Å². The lowest BCUT2D eigenvalue weighted by Gasteiger charge is -2.10. The van der Waals surface area contributed by atoms with Crippen LogP contribution in [0.5, 0.6) is 0 Å². The van der Waals surface area contributed by atoms with E-state index in [-0.39, 0.29) is 5.91 Å². The topological polar surface area (TPSA) is 32.3 Å². The largest absolute Gasteiger partial charge is 0.352 e. The van der Waals surface area contributed by atoms with Crippen molar-refractivity contribution in [2.24, 2.45) is 0 Å². The molecule has 0 saturated heterocycles. The Morgan fingerprint density at radius 1 is 1.41 bits per heavy atom. The SMILES string of the molecule is Cc1ccc(C(=O)NCCCN(C)C)cc1S. The average molecular weight is 252 g/mol. The van der Waals surface area contributed by atoms with Gasteiger partial charge in [0.25, 0.3) is 5.91 Å². The summed E-state index contributed by atoms with van der Waals surface area (Å²) in [7, 11) is 4.05. The summed E-state index contributed by atoms with van der Waals surface area (Å²) in [6.45, 7) is 3.65. The van der Waals surface area contributed by atoms with Crippen molar-refractivity contribution in [2.45, 2.75) is 18.2 Å². The van der Waals surface area contributed by atoms with Gasteiger partial charge in [-0.3, -0.25) is 4.79 Å². The van der Waals surface area contributed by atoms with E-state index in [4.69, 9.17) is 0 Å². The molecule has 17 heavy (non-hydrogen) atoms. The van der Waals surface area contributed by atoms with Crippen molar-refractivity contribution >= 4 is 18.5 Å². The fourth-order valence-corrected chi connectivity index (χ4v) is 1.66. The molecular weight excluding hydrogens is 232 g/mol. The van der Waals surface area contributed by atoms with Gasteiger partial charge >= 0.3 is 0 Å². The molecule has 1 N–H and O–H groups in total. The summed E-state index contributed by atoms with van der Waals surface area (Å²) in [6, 6.07) is 5.55. The fourth-order valence-electron chi connectivity index (χ4n) is 1.45. The Kier molecular flexibility index (Phi) is 5.51. The van der Waals surface area contributed by atoms with E-state index >= 15 is 0 Å². The molecule has 0 atom stereocenters. The van der Waals surface area contributed by atoms with Crippen LogP contribution in [0, 0.1) is 6.92 Å². The zero-order chi connectivity index (χ0) is 12.8. The summed E-state index contributed by atoms with van der Waals surface area (Å²) in [5, 5.41) is 2.90. The molecule has 0 aliphatic carbocycles. The third-order valence-electron chi connectivity index (χ3n) is 2.54. The van der Waals surface area contributed by atoms with E-state index in [2.05, 4.69) is 22.8 Å². The van der Waals surface area contributed by atoms with E-state index in [9.17, 15) is 4.79 Å². The highest BCUT2D eigenvalue weighted by Crippen LogP contribution is 2.14. The number of nitrogens with one attached hydrogen (secondary N) is 1. The van der Waals surface area contributed by atoms with Crippen LogP contribution in [-0.2, 0) is 0 Å². The minimum absolute atomic E-state index is 0.0287. The molecule has 94 valence electrons. The second-order valence-corrected chi connectivity index (χ2v) is 4.90. The van der Waals surface area contributed by atoms with Gasteiger partial charge < -0.3 is 10.2 Å². The molecule has 3 nitrogen and oxygen atoms in total. The molecule has 1 rings (SSSR count). The number of carbonyl (C=O) groups excluding carboxylic acids is 1. The molecule has 1 aromatic carbocycles. The van der Waals surface area contributed by atoms with Crippen LogP contribution in [0.3, 0.4) is 0 Å². The number of rotatable bonds is 5. The summed E-state index contributed by atoms with van der Waals surface area (Å²) in [4.78, 5) is 14.7. The summed E-state index contributed by atoms with van der Waals surface area (Å²) in [5.41, 5.74) is 1.75. The second-order valence-electron chi connectivity index (χ2n) is 4.41. The van der Waals surface area contributed by atoms with Crippen molar-refractivity contribution in [3.05, 3.63) is 29.3 Å². The zero-order valence-corrected chi connectivity index (χ0v) is 11.6. The number of nitrogens with zero attached hydrogens (tertiary/aromatic N) is 1. The quantitative estimate of drug-likeness (QED) is 0.620. The van der Waals surface area contributed by atoms with Crippen molar-refractivity contribution in [1.82, 2.24) is 10.2 Å². The van der Waals surface area contributed by atoms with Crippen LogP contribution in [0.15, 0.2) is 23.1 Å². The number of thiol groups is 1. The molecule has 0 unspecified atom stereocenters. The molecule has 1 amide bonds. The minimum Gasteiger partial charge on any atom is -0.352 e. The van der Waals surface area contributed by atoms with Gasteiger partial charge in [-0.2, -0.15) is 0 Å². The molecule has 4 heteroatoms. The van der Waals surface area contributed by atoms with E-state index in [1.54, 1.807) is 6.07 Å². The number of carbonyl (C=O) groups is 1. The van der Waals surface area contributed by atoms with Crippen molar-refractivity contribution in [3.8, 4) is 0 Å². The molecule has 0 aliphatic rings. The number of hydrogen-bond acceptors (Lipinski definition) is 3. The Labute approximate surface area is 109 Å². The predicted octanol–water partition coefficient (Wildman–Crippen LogP) is 1.97. The first-order valence-corrected chi connectivity index (χ1v) is 6.18. The van der Waals surface area contributed by atoms with Crippen molar-refractivity contribution < 1.29 is 4.79 Å². The van der Waals surface area contributed by atoms with Gasteiger partial charge in [0.15, 0.2) is 0 Å². The van der Waals surface area contributed by atoms with Gasteiger partial charge in [0, 0.05) is 17.0 Å². The maximum atomic E-state index is 11.8. The molecule has 0 spiro atoms. The van der Waals surface area contributed by atoms with Gasteiger partial charge in [-0.1, -0.05) is 6.07 Å². The first-order chi connectivity index (χ1) is 8.00. The van der Waals surface area contributed by atoms with E-state index in [0.717, 1.165) is 23.4 Å². The molecule has 0 aromatic heterocycles. The van der Waals surface area contributed by atoms with E-state index in [1.807, 2.05) is 33.2 Å². The third kappa shape index (κ3) is 4.79. The van der Waals surface area contributed by atoms with Crippen LogP contribution >= 0.6 is 12.6 Å². The molecule has 0 heterocycles. The maximum Gasteiger partial charge on any atom is 0.251 e. The van der Waals surface area contributed by atoms with E-state index in [1.165, 1.54) is 0 Å². The van der Waals surface area contributed by atoms with Gasteiger partial charge in [-0.25, -0.2) is 0 Å². The monoisotopic (exact) mass is 252 g/mol. The van der Waals surface area contributed by atoms with Crippen LogP contribution < -0.4 is 5.32 Å². The fraction of sp³-hybridized carbons (Fsp3) is 0.462. The van der Waals surface area contributed by atoms with Gasteiger partial charge in [0.1, 0.15) is 0 Å². The second kappa shape index (κ2) is 6.67. The normalized spacial score (nSPS) is 10.6. The summed E-state index contributed by atoms with van der Waals surface area (Å²) < 4.78 is 0. The lowest BCUT2D eigenvalue weighted by Crippen LogP contribution is -2.27. The van der Waals surface area contributed by atoms with Gasteiger partial charge in [-0.15, -0.1) is 12.6 Å². The van der Waals surface area contributed by atoms with Crippen LogP contribution in [0.1, 0.15) is 22.3 Å². The van der Waals surface area contributed by atoms with Crippen LogP contribution in [0.4, 0.5) is 0 Å². The molecular formula is C13H20N2OS. The molecule has 0 saturated carbocycles. The van der Waals surface area contributed by atoms with E-state index in [0.29, 0.717) is 12.1 Å². The van der Waals surface area contributed by atoms with Crippen LogP contribution in [0.25, 0.3) is 0 Å². The lowest BCUT2D eigenvalue weighted by molar-refractivity contribution is 0.0952. The lowest BCUT2D eigenvalue weighted by atomic mass is 10.1. The first-order valence-electron chi connectivity index (χ1n) is 5.73. The van der Waals surface area contributed by atoms with Gasteiger partial charge in [0.05, 0.1) is 0 Å². The van der Waals surface area contributed by atoms with Crippen molar-refractivity contribution in [3.63, 3.8) is 0 Å². The van der Waals surface area contributed by atoms with Crippen LogP contribution in [0.2, 0.25) is 0 Å². The molecule has 0 fully saturated rings. The van der Waals surface area contributed by atoms with Gasteiger partial charge in [-0.05, 0) is 51.7 Å². The smallest absolute Gasteiger partial charge is 0.251 e. The third-order valence-corrected chi connectivity index (χ3v) is 3.02. The molecule has 0 radical (unpaired) electrons. The number of aryl methyl sites for hydroxylation is 1. The van der Waals surface area contributed by atoms with E-state index < -0.39 is 0 Å². The molecule has 1 aromatic rings. The number of amides is 1. The summed E-state index contributed by atoms with van der Waals surface area (Å²) >= 11 is 4.31. The Bertz CT molecular complexity index is 391. The highest BCUT2D eigenvalue weighted by molar-refractivity contribution is 7.80. The standard InChI is InChI=1S/C13H20N2OS/c1-10-5-6-11(9-12(10)17)13(16)14-7-4-8-15(2)3/h5-6,9,17H,4,7-8H2,1-3H3,(H,14,16). The Morgan fingerprint density at radius 3 is 2.71 bits per heavy atom. The van der Waals surface area contributed by atoms with Gasteiger partial charge in [0.2, 0.25) is 0 Å². The summed E-state index contributed by atoms with van der Waals surface area (Å²) in [6.07, 6.45) is 0.957. The van der Waals surface area contributed by atoms with Crippen molar-refractivity contribution in [2.75, 3.05) is 27.2 Å². The highest BCUT2D eigenvalue weighted by Gasteiger charge is 2.05. The zero-order valence-electron chi connectivity index (χ0n) is 10.7. The minimum atomic E-state index is -0.0287. The highest BCUT2D eigenvalue weighted by atomic mass is 32.1. The molecule has 0 aliphatic heterocycles. The predicted molar refractivity (Wildman–Crippen MR) is 73.9 cm³/mol. The molecule has 0 bridgehead atoms. The summed E-state index contributed by atoms with van der Waals surface area (Å²) in [5.74, 6) is -0.0287. The average Bonchev–Trinajstić information content (AvgIpc) is 2.27. The maximum absolute atomic E-state index is 11.8. The Hall–Kier alpha value is -1.00. The van der Waals surface area contributed by atoms with Crippen molar-refractivity contribution in [1.29, 1.82) is 0 Å².